The first-order chi connectivity index (χ1) is 9.22. The highest BCUT2D eigenvalue weighted by Crippen LogP contribution is 2.32. The van der Waals surface area contributed by atoms with Crippen LogP contribution in [0.3, 0.4) is 0 Å². The smallest absolute Gasteiger partial charge is 0.234 e. The largest absolute Gasteiger partial charge is 0.356 e. The number of fused-ring (bicyclic) bond motifs is 1. The van der Waals surface area contributed by atoms with Crippen LogP contribution in [-0.4, -0.2) is 24.1 Å². The van der Waals surface area contributed by atoms with Crippen LogP contribution in [-0.2, 0) is 16.0 Å². The molecule has 0 radical (unpaired) electrons. The number of carbonyl (C=O) groups excluding carboxylic acids is 2. The van der Waals surface area contributed by atoms with Gasteiger partial charge in [0.05, 0.1) is 11.4 Å². The summed E-state index contributed by atoms with van der Waals surface area (Å²) < 4.78 is 0. The highest BCUT2D eigenvalue weighted by atomic mass is 32.2. The van der Waals surface area contributed by atoms with Crippen molar-refractivity contribution in [2.75, 3.05) is 17.6 Å². The van der Waals surface area contributed by atoms with Gasteiger partial charge in [-0.2, -0.15) is 0 Å². The average molecular weight is 276 g/mol. The number of nitrogens with one attached hydrogen (secondary N) is 2. The molecule has 0 aromatic heterocycles. The summed E-state index contributed by atoms with van der Waals surface area (Å²) in [6.45, 7) is 0.662. The second kappa shape index (κ2) is 5.25. The van der Waals surface area contributed by atoms with E-state index in [1.165, 1.54) is 0 Å². The maximum Gasteiger partial charge on any atom is 0.234 e. The van der Waals surface area contributed by atoms with Crippen LogP contribution in [0, 0.1) is 5.92 Å². The van der Waals surface area contributed by atoms with Crippen LogP contribution >= 0.6 is 11.8 Å². The molecule has 0 atom stereocenters. The molecule has 5 heteroatoms. The first kappa shape index (κ1) is 12.5. The number of thioether (sulfide) groups is 1. The lowest BCUT2D eigenvalue weighted by Crippen LogP contribution is -2.27. The summed E-state index contributed by atoms with van der Waals surface area (Å²) in [5.41, 5.74) is 2.03. The van der Waals surface area contributed by atoms with E-state index in [2.05, 4.69) is 16.7 Å². The number of carbonyl (C=O) groups is 2. The predicted octanol–water partition coefficient (Wildman–Crippen LogP) is 1.80. The fourth-order valence-corrected chi connectivity index (χ4v) is 2.89. The molecule has 1 fully saturated rings. The Labute approximate surface area is 116 Å². The van der Waals surface area contributed by atoms with E-state index in [1.807, 2.05) is 12.1 Å². The van der Waals surface area contributed by atoms with Crippen molar-refractivity contribution in [3.05, 3.63) is 23.8 Å². The molecule has 1 saturated carbocycles. The quantitative estimate of drug-likeness (QED) is 0.881. The van der Waals surface area contributed by atoms with Gasteiger partial charge in [0.2, 0.25) is 11.8 Å². The zero-order valence-corrected chi connectivity index (χ0v) is 11.4. The molecule has 1 aromatic rings. The van der Waals surface area contributed by atoms with Crippen molar-refractivity contribution >= 4 is 29.3 Å². The monoisotopic (exact) mass is 276 g/mol. The Bertz CT molecular complexity index is 526. The van der Waals surface area contributed by atoms with E-state index in [0.29, 0.717) is 12.3 Å². The van der Waals surface area contributed by atoms with Crippen molar-refractivity contribution < 1.29 is 9.59 Å². The minimum atomic E-state index is 0.0525. The molecule has 19 heavy (non-hydrogen) atoms. The van der Waals surface area contributed by atoms with E-state index < -0.39 is 0 Å². The summed E-state index contributed by atoms with van der Waals surface area (Å²) >= 11 is 1.56. The number of hydrogen-bond donors (Lipinski definition) is 2. The summed E-state index contributed by atoms with van der Waals surface area (Å²) in [6, 6.07) is 6.10. The molecule has 0 spiro atoms. The molecule has 0 saturated heterocycles. The van der Waals surface area contributed by atoms with Gasteiger partial charge in [-0.05, 0) is 37.0 Å². The van der Waals surface area contributed by atoms with Gasteiger partial charge in [-0.15, -0.1) is 11.8 Å². The third-order valence-electron chi connectivity index (χ3n) is 3.34. The third kappa shape index (κ3) is 3.10. The molecule has 1 aliphatic carbocycles. The van der Waals surface area contributed by atoms with Gasteiger partial charge in [0.15, 0.2) is 0 Å². The highest BCUT2D eigenvalue weighted by Gasteiger charge is 2.29. The van der Waals surface area contributed by atoms with Gasteiger partial charge in [-0.3, -0.25) is 9.59 Å². The first-order valence-corrected chi connectivity index (χ1v) is 7.54. The Morgan fingerprint density at radius 2 is 2.26 bits per heavy atom. The number of amides is 2. The molecule has 2 N–H and O–H groups in total. The van der Waals surface area contributed by atoms with E-state index in [4.69, 9.17) is 0 Å². The van der Waals surface area contributed by atoms with Crippen molar-refractivity contribution in [1.82, 2.24) is 5.32 Å². The Morgan fingerprint density at radius 3 is 3.05 bits per heavy atom. The van der Waals surface area contributed by atoms with Crippen LogP contribution in [0.2, 0.25) is 0 Å². The summed E-state index contributed by atoms with van der Waals surface area (Å²) in [4.78, 5) is 23.9. The zero-order valence-electron chi connectivity index (χ0n) is 10.6. The van der Waals surface area contributed by atoms with E-state index >= 15 is 0 Å². The van der Waals surface area contributed by atoms with Crippen LogP contribution in [0.15, 0.2) is 23.1 Å². The minimum absolute atomic E-state index is 0.0525. The lowest BCUT2D eigenvalue weighted by atomic mass is 10.1. The number of anilines is 1. The molecule has 1 aliphatic heterocycles. The molecule has 0 unspecified atom stereocenters. The van der Waals surface area contributed by atoms with E-state index in [9.17, 15) is 9.59 Å². The van der Waals surface area contributed by atoms with Crippen LogP contribution in [0.25, 0.3) is 0 Å². The van der Waals surface area contributed by atoms with Crippen LogP contribution < -0.4 is 10.6 Å². The first-order valence-electron chi connectivity index (χ1n) is 6.55. The van der Waals surface area contributed by atoms with Crippen molar-refractivity contribution in [3.63, 3.8) is 0 Å². The van der Waals surface area contributed by atoms with Gasteiger partial charge < -0.3 is 10.6 Å². The molecule has 4 nitrogen and oxygen atoms in total. The maximum absolute atomic E-state index is 11.5. The Hall–Kier alpha value is -1.49. The predicted molar refractivity (Wildman–Crippen MR) is 75.2 cm³/mol. The van der Waals surface area contributed by atoms with Crippen LogP contribution in [0.5, 0.6) is 0 Å². The summed E-state index contributed by atoms with van der Waals surface area (Å²) in [5.74, 6) is 0.988. The maximum atomic E-state index is 11.5. The van der Waals surface area contributed by atoms with Crippen molar-refractivity contribution in [3.8, 4) is 0 Å². The van der Waals surface area contributed by atoms with Gasteiger partial charge in [0.1, 0.15) is 0 Å². The van der Waals surface area contributed by atoms with Gasteiger partial charge in [-0.25, -0.2) is 0 Å². The lowest BCUT2D eigenvalue weighted by molar-refractivity contribution is -0.122. The van der Waals surface area contributed by atoms with Crippen molar-refractivity contribution in [2.24, 2.45) is 5.92 Å². The Balaban J connectivity index is 1.57. The normalized spacial score (nSPS) is 17.6. The fourth-order valence-electron chi connectivity index (χ4n) is 2.11. The molecular formula is C14H16N2O2S. The molecule has 1 heterocycles. The third-order valence-corrected chi connectivity index (χ3v) is 4.41. The van der Waals surface area contributed by atoms with E-state index in [1.54, 1.807) is 11.8 Å². The lowest BCUT2D eigenvalue weighted by Gasteiger charge is -2.17. The van der Waals surface area contributed by atoms with Gasteiger partial charge in [-0.1, -0.05) is 6.07 Å². The summed E-state index contributed by atoms with van der Waals surface area (Å²) in [6.07, 6.45) is 2.87. The van der Waals surface area contributed by atoms with Crippen LogP contribution in [0.4, 0.5) is 5.69 Å². The van der Waals surface area contributed by atoms with Crippen LogP contribution in [0.1, 0.15) is 18.4 Å². The van der Waals surface area contributed by atoms with E-state index in [0.717, 1.165) is 35.4 Å². The molecule has 0 bridgehead atoms. The molecule has 2 aliphatic rings. The number of benzene rings is 1. The van der Waals surface area contributed by atoms with Gasteiger partial charge >= 0.3 is 0 Å². The number of rotatable bonds is 4. The Morgan fingerprint density at radius 1 is 1.42 bits per heavy atom. The number of hydrogen-bond acceptors (Lipinski definition) is 3. The second-order valence-corrected chi connectivity index (χ2v) is 6.00. The molecule has 3 rings (SSSR count). The van der Waals surface area contributed by atoms with Gasteiger partial charge in [0, 0.05) is 17.4 Å². The van der Waals surface area contributed by atoms with Crippen molar-refractivity contribution in [1.29, 1.82) is 0 Å². The average Bonchev–Trinajstić information content (AvgIpc) is 3.22. The highest BCUT2D eigenvalue weighted by molar-refractivity contribution is 8.00. The Kier molecular flexibility index (Phi) is 3.46. The van der Waals surface area contributed by atoms with E-state index in [-0.39, 0.29) is 17.7 Å². The van der Waals surface area contributed by atoms with Crippen molar-refractivity contribution in [2.45, 2.75) is 24.2 Å². The molecule has 100 valence electrons. The topological polar surface area (TPSA) is 58.2 Å². The SMILES string of the molecule is O=C1CSc2ccc(CCNC(=O)C3CC3)cc2N1. The zero-order chi connectivity index (χ0) is 13.2. The molecule has 2 amide bonds. The fraction of sp³-hybridized carbons (Fsp3) is 0.429. The summed E-state index contributed by atoms with van der Waals surface area (Å²) in [5, 5.41) is 5.83. The standard InChI is InChI=1S/C14H16N2O2S/c17-13-8-19-12-4-1-9(7-11(12)16-13)5-6-15-14(18)10-2-3-10/h1,4,7,10H,2-3,5-6,8H2,(H,15,18)(H,16,17). The molecular weight excluding hydrogens is 260 g/mol. The molecule has 1 aromatic carbocycles. The minimum Gasteiger partial charge on any atom is -0.356 e. The summed E-state index contributed by atoms with van der Waals surface area (Å²) in [7, 11) is 0. The second-order valence-electron chi connectivity index (χ2n) is 4.98. The van der Waals surface area contributed by atoms with Gasteiger partial charge in [0.25, 0.3) is 0 Å².